The fraction of sp³-hybridized carbons (Fsp3) is 0.580. The van der Waals surface area contributed by atoms with Crippen LogP contribution in [0.5, 0.6) is 5.75 Å². The molecule has 3 aliphatic carbocycles. The first-order valence-electron chi connectivity index (χ1n) is 30.9. The number of aliphatic hydroxyl groups excluding tert-OH is 1. The molecule has 464 valence electrons. The minimum Gasteiger partial charge on any atom is -0.496 e. The molecule has 2 bridgehead atoms. The highest BCUT2D eigenvalue weighted by atomic mass is 16.7. The van der Waals surface area contributed by atoms with Crippen LogP contribution in [0.15, 0.2) is 113 Å². The number of aliphatic hydroxyl groups is 2. The Hall–Kier alpha value is -6.53. The third-order valence-corrected chi connectivity index (χ3v) is 21.0. The molecule has 1 spiro atoms. The minimum absolute atomic E-state index is 0.123. The maximum absolute atomic E-state index is 15.8. The van der Waals surface area contributed by atoms with Crippen molar-refractivity contribution in [1.82, 2.24) is 9.80 Å². The molecular formula is C69H90N4O13. The van der Waals surface area contributed by atoms with Crippen molar-refractivity contribution in [2.24, 2.45) is 22.2 Å². The molecule has 2 aromatic rings. The van der Waals surface area contributed by atoms with Crippen LogP contribution in [0, 0.1) is 22.2 Å². The van der Waals surface area contributed by atoms with Crippen LogP contribution in [-0.2, 0) is 53.7 Å². The summed E-state index contributed by atoms with van der Waals surface area (Å²) < 4.78 is 37.1. The number of ether oxygens (including phenoxy) is 6. The van der Waals surface area contributed by atoms with Gasteiger partial charge in [-0.1, -0.05) is 113 Å². The van der Waals surface area contributed by atoms with Crippen molar-refractivity contribution in [2.75, 3.05) is 64.3 Å². The molecule has 1 saturated carbocycles. The van der Waals surface area contributed by atoms with E-state index in [1.165, 1.54) is 49.9 Å². The van der Waals surface area contributed by atoms with Gasteiger partial charge in [0, 0.05) is 79.4 Å². The fourth-order valence-corrected chi connectivity index (χ4v) is 17.9. The predicted molar refractivity (Wildman–Crippen MR) is 327 cm³/mol. The second-order valence-corrected chi connectivity index (χ2v) is 27.1. The number of fused-ring (bicyclic) bond motifs is 3. The number of carbonyl (C=O) groups excluding carboxylic acids is 5. The van der Waals surface area contributed by atoms with Crippen molar-refractivity contribution >= 4 is 41.8 Å². The summed E-state index contributed by atoms with van der Waals surface area (Å²) in [6.45, 7) is 20.7. The standard InChI is InChI=1S/C69H90N4O13/c1-13-65(86-62(79)85-49-33-44(4)51(64(8,9)39-49)25-19-18-24-50-43(3)32-48(76)38-63(50,6)7)36-46-37-68(60(77)82-11,56(26-20-29-71(40-46)41-65)70-47-22-16-15-17-23-47)53-34-52-54(35-55(53)81-10)73(42-74)58-67(52)28-31-72-30-21-27-66(14-2,57(67)72)59(84-45(5)75)69(58,80)61(78)83-12/h15-19,21-27,34-35,42,46,48-49,57-59,70,76,80H,13-14,20,28-33,36-41H2,1-12H3/b24-18+,25-19+,56-26-/t46-,48-,49-,57+,58-,59-,65+,66-,67-,68+,69+/m1/s1. The van der Waals surface area contributed by atoms with E-state index in [0.717, 1.165) is 17.7 Å². The molecule has 1 unspecified atom stereocenters. The Morgan fingerprint density at radius 1 is 0.814 bits per heavy atom. The first-order valence-corrected chi connectivity index (χ1v) is 30.9. The molecule has 1 amide bonds. The quantitative estimate of drug-likeness (QED) is 0.0499. The second-order valence-electron chi connectivity index (χ2n) is 27.1. The maximum atomic E-state index is 15.8. The Balaban J connectivity index is 1.03. The van der Waals surface area contributed by atoms with Gasteiger partial charge in [0.05, 0.1) is 39.2 Å². The molecule has 8 aliphatic rings. The normalized spacial score (nSPS) is 35.0. The Morgan fingerprint density at radius 3 is 2.12 bits per heavy atom. The van der Waals surface area contributed by atoms with Crippen LogP contribution in [0.3, 0.4) is 0 Å². The predicted octanol–water partition coefficient (Wildman–Crippen LogP) is 10.1. The smallest absolute Gasteiger partial charge is 0.496 e. The molecule has 2 aromatic carbocycles. The van der Waals surface area contributed by atoms with Crippen molar-refractivity contribution in [1.29, 1.82) is 0 Å². The molecule has 3 N–H and O–H groups in total. The molecule has 17 heteroatoms. The van der Waals surface area contributed by atoms with Gasteiger partial charge in [0.25, 0.3) is 0 Å². The summed E-state index contributed by atoms with van der Waals surface area (Å²) in [6.07, 6.45) is 16.9. The molecule has 2 saturated heterocycles. The highest BCUT2D eigenvalue weighted by Gasteiger charge is 2.81. The van der Waals surface area contributed by atoms with Gasteiger partial charge in [-0.05, 0) is 130 Å². The van der Waals surface area contributed by atoms with Gasteiger partial charge in [-0.15, -0.1) is 0 Å². The number of nitrogens with zero attached hydrogens (tertiary/aromatic N) is 3. The third-order valence-electron chi connectivity index (χ3n) is 21.0. The Labute approximate surface area is 507 Å². The SMILES string of the molecule is CC[C@]1(OC(=O)O[C@@H]2CC(C)=C(/C=C/C=C/C3=C(C)C[C@@H](O)CC3(C)C)C(C)(C)C2)C[C@H]2CN(CC/C=C(\Nc3ccccc3)[C@@](C(=O)OC)(c3cc4c(cc3OC)N(C=O)[C@H]3[C@@](O)(C(=O)OC)[C@H](OC(C)=O)[C@]5(CC)C=CCN6CC[C@]43[C@@H]65)C2)C1. The van der Waals surface area contributed by atoms with Gasteiger partial charge in [-0.2, -0.15) is 0 Å². The topological polar surface area (TPSA) is 203 Å². The third kappa shape index (κ3) is 10.3. The second kappa shape index (κ2) is 23.5. The summed E-state index contributed by atoms with van der Waals surface area (Å²) in [5.41, 5.74) is -0.622. The summed E-state index contributed by atoms with van der Waals surface area (Å²) in [4.78, 5) is 78.2. The van der Waals surface area contributed by atoms with Crippen molar-refractivity contribution in [3.63, 3.8) is 0 Å². The lowest BCUT2D eigenvalue weighted by molar-refractivity contribution is -0.228. The van der Waals surface area contributed by atoms with Gasteiger partial charge in [0.1, 0.15) is 22.9 Å². The number of nitrogens with one attached hydrogen (secondary N) is 1. The number of methoxy groups -OCH3 is 3. The van der Waals surface area contributed by atoms with E-state index in [1.807, 2.05) is 68.5 Å². The lowest BCUT2D eigenvalue weighted by Crippen LogP contribution is -2.81. The van der Waals surface area contributed by atoms with E-state index in [2.05, 4.69) is 81.0 Å². The first kappa shape index (κ1) is 62.5. The monoisotopic (exact) mass is 1180 g/mol. The average Bonchev–Trinajstić information content (AvgIpc) is 1.76. The highest BCUT2D eigenvalue weighted by Crippen LogP contribution is 2.68. The molecular weight excluding hydrogens is 1090 g/mol. The summed E-state index contributed by atoms with van der Waals surface area (Å²) in [5, 5.41) is 27.7. The van der Waals surface area contributed by atoms with E-state index in [0.29, 0.717) is 113 Å². The summed E-state index contributed by atoms with van der Waals surface area (Å²) in [6, 6.07) is 11.4. The lowest BCUT2D eigenvalue weighted by atomic mass is 9.47. The van der Waals surface area contributed by atoms with Crippen LogP contribution in [-0.4, -0.2) is 146 Å². The molecule has 0 aromatic heterocycles. The number of carbonyl (C=O) groups is 5. The maximum Gasteiger partial charge on any atom is 0.509 e. The number of hydrogen-bond donors (Lipinski definition) is 3. The number of hydrogen-bond acceptors (Lipinski definition) is 16. The zero-order valence-electron chi connectivity index (χ0n) is 52.5. The van der Waals surface area contributed by atoms with Crippen LogP contribution in [0.25, 0.3) is 0 Å². The Morgan fingerprint density at radius 2 is 1.50 bits per heavy atom. The van der Waals surface area contributed by atoms with E-state index in [1.54, 1.807) is 6.07 Å². The summed E-state index contributed by atoms with van der Waals surface area (Å²) in [7, 11) is 4.05. The van der Waals surface area contributed by atoms with Crippen LogP contribution < -0.4 is 15.0 Å². The van der Waals surface area contributed by atoms with Crippen molar-refractivity contribution in [3.8, 4) is 5.75 Å². The number of esters is 3. The number of anilines is 2. The van der Waals surface area contributed by atoms with Gasteiger partial charge >= 0.3 is 24.1 Å². The van der Waals surface area contributed by atoms with Crippen molar-refractivity contribution in [3.05, 3.63) is 124 Å². The average molecular weight is 1180 g/mol. The highest BCUT2D eigenvalue weighted by molar-refractivity contribution is 5.95. The van der Waals surface area contributed by atoms with Gasteiger partial charge in [0.2, 0.25) is 12.0 Å². The summed E-state index contributed by atoms with van der Waals surface area (Å²) >= 11 is 0. The zero-order chi connectivity index (χ0) is 61.9. The minimum atomic E-state index is -2.59. The zero-order valence-corrected chi connectivity index (χ0v) is 52.5. The molecule has 17 nitrogen and oxygen atoms in total. The molecule has 5 heterocycles. The number of para-hydroxylation sites is 1. The lowest BCUT2D eigenvalue weighted by Gasteiger charge is -2.63. The van der Waals surface area contributed by atoms with E-state index in [-0.39, 0.29) is 35.0 Å². The molecule has 10 rings (SSSR count). The molecule has 5 aliphatic heterocycles. The number of amides is 1. The van der Waals surface area contributed by atoms with Crippen molar-refractivity contribution in [2.45, 2.75) is 179 Å². The molecule has 0 radical (unpaired) electrons. The molecule has 86 heavy (non-hydrogen) atoms. The van der Waals surface area contributed by atoms with Gasteiger partial charge in [-0.25, -0.2) is 9.59 Å². The number of piperidine rings is 1. The van der Waals surface area contributed by atoms with Gasteiger partial charge in [-0.3, -0.25) is 24.2 Å². The molecule has 3 fully saturated rings. The van der Waals surface area contributed by atoms with Crippen LogP contribution in [0.4, 0.5) is 16.2 Å². The van der Waals surface area contributed by atoms with Crippen LogP contribution in [0.1, 0.15) is 138 Å². The number of benzene rings is 2. The van der Waals surface area contributed by atoms with Gasteiger partial charge < -0.3 is 48.9 Å². The molecule has 12 atom stereocenters. The van der Waals surface area contributed by atoms with Crippen molar-refractivity contribution < 1.29 is 62.6 Å². The van der Waals surface area contributed by atoms with E-state index >= 15 is 4.79 Å². The Kier molecular flexibility index (Phi) is 17.1. The summed E-state index contributed by atoms with van der Waals surface area (Å²) in [5.74, 6) is -2.41. The van der Waals surface area contributed by atoms with E-state index < -0.39 is 75.8 Å². The van der Waals surface area contributed by atoms with E-state index in [4.69, 9.17) is 28.4 Å². The fourth-order valence-electron chi connectivity index (χ4n) is 17.9. The number of rotatable bonds is 15. The van der Waals surface area contributed by atoms with E-state index in [9.17, 15) is 29.4 Å². The number of allylic oxidation sites excluding steroid dienone is 6. The van der Waals surface area contributed by atoms with Crippen LogP contribution in [0.2, 0.25) is 0 Å². The largest absolute Gasteiger partial charge is 0.509 e. The van der Waals surface area contributed by atoms with Gasteiger partial charge in [0.15, 0.2) is 6.10 Å². The van der Waals surface area contributed by atoms with Crippen LogP contribution >= 0.6 is 0 Å². The Bertz CT molecular complexity index is 3200. The first-order chi connectivity index (χ1) is 40.9.